The number of rotatable bonds is 6. The molecule has 102 valence electrons. The predicted molar refractivity (Wildman–Crippen MR) is 82.6 cm³/mol. The molecular weight excluding hydrogens is 244 g/mol. The van der Waals surface area contributed by atoms with E-state index in [0.717, 1.165) is 19.0 Å². The fourth-order valence-corrected chi connectivity index (χ4v) is 2.45. The standard InChI is InChI=1S/C15H25ClN2/c1-5-12(6-2)10-18(7-3)15-9-13(16)14(17)8-11(15)4/h8-9,12H,5-7,10,17H2,1-4H3. The van der Waals surface area contributed by atoms with Crippen molar-refractivity contribution < 1.29 is 0 Å². The Labute approximate surface area is 116 Å². The van der Waals surface area contributed by atoms with E-state index in [1.807, 2.05) is 12.1 Å². The van der Waals surface area contributed by atoms with Crippen LogP contribution in [0.2, 0.25) is 5.02 Å². The van der Waals surface area contributed by atoms with Crippen molar-refractivity contribution in [2.75, 3.05) is 23.7 Å². The highest BCUT2D eigenvalue weighted by molar-refractivity contribution is 6.33. The van der Waals surface area contributed by atoms with Crippen LogP contribution in [0.5, 0.6) is 0 Å². The largest absolute Gasteiger partial charge is 0.398 e. The first kappa shape index (κ1) is 15.2. The average Bonchev–Trinajstić information content (AvgIpc) is 2.36. The summed E-state index contributed by atoms with van der Waals surface area (Å²) < 4.78 is 0. The number of hydrogen-bond acceptors (Lipinski definition) is 2. The quantitative estimate of drug-likeness (QED) is 0.770. The lowest BCUT2D eigenvalue weighted by atomic mass is 10.0. The summed E-state index contributed by atoms with van der Waals surface area (Å²) >= 11 is 6.14. The molecule has 0 saturated carbocycles. The second kappa shape index (κ2) is 6.89. The summed E-state index contributed by atoms with van der Waals surface area (Å²) in [5.74, 6) is 0.737. The molecule has 0 aliphatic rings. The summed E-state index contributed by atoms with van der Waals surface area (Å²) in [6.07, 6.45) is 2.43. The zero-order chi connectivity index (χ0) is 13.7. The van der Waals surface area contributed by atoms with Crippen molar-refractivity contribution in [1.29, 1.82) is 0 Å². The topological polar surface area (TPSA) is 29.3 Å². The molecule has 0 aliphatic heterocycles. The summed E-state index contributed by atoms with van der Waals surface area (Å²) in [6, 6.07) is 3.96. The summed E-state index contributed by atoms with van der Waals surface area (Å²) in [4.78, 5) is 2.40. The van der Waals surface area contributed by atoms with Crippen LogP contribution in [0.4, 0.5) is 11.4 Å². The molecular formula is C15H25ClN2. The van der Waals surface area contributed by atoms with Gasteiger partial charge in [-0.05, 0) is 37.5 Å². The van der Waals surface area contributed by atoms with E-state index in [0.29, 0.717) is 10.7 Å². The van der Waals surface area contributed by atoms with Crippen molar-refractivity contribution in [2.24, 2.45) is 5.92 Å². The summed E-state index contributed by atoms with van der Waals surface area (Å²) in [6.45, 7) is 10.9. The van der Waals surface area contributed by atoms with Crippen LogP contribution in [0.15, 0.2) is 12.1 Å². The van der Waals surface area contributed by atoms with Crippen LogP contribution >= 0.6 is 11.6 Å². The van der Waals surface area contributed by atoms with E-state index in [9.17, 15) is 0 Å². The second-order valence-electron chi connectivity index (χ2n) is 4.88. The van der Waals surface area contributed by atoms with Gasteiger partial charge in [0.15, 0.2) is 0 Å². The molecule has 0 radical (unpaired) electrons. The van der Waals surface area contributed by atoms with Gasteiger partial charge in [0.25, 0.3) is 0 Å². The van der Waals surface area contributed by atoms with Crippen LogP contribution < -0.4 is 10.6 Å². The van der Waals surface area contributed by atoms with Crippen molar-refractivity contribution >= 4 is 23.0 Å². The average molecular weight is 269 g/mol. The van der Waals surface area contributed by atoms with Gasteiger partial charge < -0.3 is 10.6 Å². The van der Waals surface area contributed by atoms with Crippen molar-refractivity contribution in [1.82, 2.24) is 0 Å². The van der Waals surface area contributed by atoms with E-state index in [1.54, 1.807) is 0 Å². The van der Waals surface area contributed by atoms with Gasteiger partial charge in [0.1, 0.15) is 0 Å². The fraction of sp³-hybridized carbons (Fsp3) is 0.600. The van der Waals surface area contributed by atoms with Crippen LogP contribution in [-0.2, 0) is 0 Å². The fourth-order valence-electron chi connectivity index (χ4n) is 2.29. The van der Waals surface area contributed by atoms with Gasteiger partial charge in [0.05, 0.1) is 10.7 Å². The Morgan fingerprint density at radius 3 is 2.33 bits per heavy atom. The number of benzene rings is 1. The minimum atomic E-state index is 0.651. The highest BCUT2D eigenvalue weighted by atomic mass is 35.5. The third kappa shape index (κ3) is 3.55. The second-order valence-corrected chi connectivity index (χ2v) is 5.29. The van der Waals surface area contributed by atoms with E-state index in [-0.39, 0.29) is 0 Å². The molecule has 18 heavy (non-hydrogen) atoms. The number of anilines is 2. The first-order chi connectivity index (χ1) is 8.53. The van der Waals surface area contributed by atoms with E-state index in [1.165, 1.54) is 24.1 Å². The number of nitrogen functional groups attached to an aromatic ring is 1. The van der Waals surface area contributed by atoms with Gasteiger partial charge in [-0.25, -0.2) is 0 Å². The molecule has 2 nitrogen and oxygen atoms in total. The minimum absolute atomic E-state index is 0.651. The minimum Gasteiger partial charge on any atom is -0.398 e. The van der Waals surface area contributed by atoms with Gasteiger partial charge >= 0.3 is 0 Å². The zero-order valence-electron chi connectivity index (χ0n) is 12.0. The van der Waals surface area contributed by atoms with Gasteiger partial charge in [-0.3, -0.25) is 0 Å². The molecule has 0 spiro atoms. The third-order valence-electron chi connectivity index (χ3n) is 3.67. The van der Waals surface area contributed by atoms with Crippen LogP contribution in [0.1, 0.15) is 39.2 Å². The van der Waals surface area contributed by atoms with Crippen molar-refractivity contribution in [3.8, 4) is 0 Å². The van der Waals surface area contributed by atoms with Crippen molar-refractivity contribution in [3.63, 3.8) is 0 Å². The highest BCUT2D eigenvalue weighted by Crippen LogP contribution is 2.30. The van der Waals surface area contributed by atoms with E-state index < -0.39 is 0 Å². The number of aryl methyl sites for hydroxylation is 1. The Balaban J connectivity index is 2.98. The smallest absolute Gasteiger partial charge is 0.0656 e. The number of halogens is 1. The van der Waals surface area contributed by atoms with Crippen LogP contribution in [0.3, 0.4) is 0 Å². The highest BCUT2D eigenvalue weighted by Gasteiger charge is 2.14. The van der Waals surface area contributed by atoms with E-state index in [4.69, 9.17) is 17.3 Å². The van der Waals surface area contributed by atoms with Crippen LogP contribution in [0.25, 0.3) is 0 Å². The van der Waals surface area contributed by atoms with Crippen molar-refractivity contribution in [3.05, 3.63) is 22.7 Å². The summed E-state index contributed by atoms with van der Waals surface area (Å²) in [5.41, 5.74) is 8.91. The molecule has 0 saturated heterocycles. The Hall–Kier alpha value is -0.890. The molecule has 0 fully saturated rings. The maximum absolute atomic E-state index is 6.14. The maximum Gasteiger partial charge on any atom is 0.0656 e. The molecule has 0 unspecified atom stereocenters. The lowest BCUT2D eigenvalue weighted by Crippen LogP contribution is -2.29. The molecule has 1 rings (SSSR count). The first-order valence-corrected chi connectivity index (χ1v) is 7.21. The lowest BCUT2D eigenvalue weighted by molar-refractivity contribution is 0.486. The predicted octanol–water partition coefficient (Wildman–Crippen LogP) is 4.49. The molecule has 1 aromatic rings. The zero-order valence-corrected chi connectivity index (χ0v) is 12.7. The first-order valence-electron chi connectivity index (χ1n) is 6.83. The van der Waals surface area contributed by atoms with Crippen LogP contribution in [0, 0.1) is 12.8 Å². The molecule has 1 aromatic carbocycles. The van der Waals surface area contributed by atoms with Gasteiger partial charge in [-0.15, -0.1) is 0 Å². The molecule has 2 N–H and O–H groups in total. The Bertz CT molecular complexity index is 386. The monoisotopic (exact) mass is 268 g/mol. The molecule has 0 bridgehead atoms. The molecule has 0 amide bonds. The van der Waals surface area contributed by atoms with E-state index >= 15 is 0 Å². The van der Waals surface area contributed by atoms with E-state index in [2.05, 4.69) is 32.6 Å². The normalized spacial score (nSPS) is 11.0. The Morgan fingerprint density at radius 2 is 1.83 bits per heavy atom. The van der Waals surface area contributed by atoms with Crippen LogP contribution in [-0.4, -0.2) is 13.1 Å². The SMILES string of the molecule is CCC(CC)CN(CC)c1cc(Cl)c(N)cc1C. The maximum atomic E-state index is 6.14. The Kier molecular flexibility index (Phi) is 5.80. The molecule has 0 heterocycles. The van der Waals surface area contributed by atoms with Gasteiger partial charge in [0.2, 0.25) is 0 Å². The number of nitrogens with zero attached hydrogens (tertiary/aromatic N) is 1. The molecule has 0 aromatic heterocycles. The summed E-state index contributed by atoms with van der Waals surface area (Å²) in [7, 11) is 0. The van der Waals surface area contributed by atoms with Gasteiger partial charge in [0, 0.05) is 18.8 Å². The van der Waals surface area contributed by atoms with Crippen molar-refractivity contribution in [2.45, 2.75) is 40.5 Å². The number of nitrogens with two attached hydrogens (primary N) is 1. The van der Waals surface area contributed by atoms with Gasteiger partial charge in [-0.1, -0.05) is 38.3 Å². The summed E-state index contributed by atoms with van der Waals surface area (Å²) in [5, 5.41) is 0.651. The lowest BCUT2D eigenvalue weighted by Gasteiger charge is -2.29. The number of hydrogen-bond donors (Lipinski definition) is 1. The molecule has 0 aliphatic carbocycles. The molecule has 3 heteroatoms. The Morgan fingerprint density at radius 1 is 1.22 bits per heavy atom. The van der Waals surface area contributed by atoms with Gasteiger partial charge in [-0.2, -0.15) is 0 Å². The third-order valence-corrected chi connectivity index (χ3v) is 4.00. The molecule has 0 atom stereocenters.